The Morgan fingerprint density at radius 2 is 1.83 bits per heavy atom. The monoisotopic (exact) mass is 396 g/mol. The van der Waals surface area contributed by atoms with Crippen LogP contribution >= 0.6 is 0 Å². The number of methoxy groups -OCH3 is 2. The Kier molecular flexibility index (Phi) is 5.83. The third kappa shape index (κ3) is 4.56. The summed E-state index contributed by atoms with van der Waals surface area (Å²) in [6.45, 7) is 0. The molecule has 1 aromatic heterocycles. The third-order valence-corrected chi connectivity index (χ3v) is 3.79. The van der Waals surface area contributed by atoms with Gasteiger partial charge in [-0.25, -0.2) is 9.78 Å². The smallest absolute Gasteiger partial charge is 0.373 e. The topological polar surface area (TPSA) is 126 Å². The molecule has 0 unspecified atom stereocenters. The molecule has 0 atom stereocenters. The van der Waals surface area contributed by atoms with Crippen molar-refractivity contribution in [3.05, 3.63) is 70.5 Å². The van der Waals surface area contributed by atoms with E-state index in [1.54, 1.807) is 24.3 Å². The summed E-state index contributed by atoms with van der Waals surface area (Å²) in [7, 11) is 2.79. The fourth-order valence-electron chi connectivity index (χ4n) is 2.42. The predicted molar refractivity (Wildman–Crippen MR) is 103 cm³/mol. The van der Waals surface area contributed by atoms with Gasteiger partial charge in [0.05, 0.1) is 24.7 Å². The summed E-state index contributed by atoms with van der Waals surface area (Å²) in [6, 6.07) is 12.8. The van der Waals surface area contributed by atoms with Crippen LogP contribution in [0.5, 0.6) is 17.4 Å². The number of hydrogen-bond acceptors (Lipinski definition) is 9. The average molecular weight is 396 g/mol. The molecule has 0 spiro atoms. The summed E-state index contributed by atoms with van der Waals surface area (Å²) in [5, 5.41) is 14.5. The zero-order valence-corrected chi connectivity index (χ0v) is 15.5. The standard InChI is InChI=1S/C19H16N4O6/c1-27-15-5-3-4-13(10-15)22-17-16(23(25)26)18(21-11-20-17)29-14-8-6-12(7-9-14)19(24)28-2/h3-11H,1-2H3,(H,20,21,22). The molecule has 1 heterocycles. The van der Waals surface area contributed by atoms with Crippen LogP contribution in [0, 0.1) is 10.1 Å². The zero-order chi connectivity index (χ0) is 20.8. The van der Waals surface area contributed by atoms with E-state index >= 15 is 0 Å². The molecule has 0 saturated carbocycles. The van der Waals surface area contributed by atoms with Gasteiger partial charge in [0.2, 0.25) is 5.82 Å². The molecular weight excluding hydrogens is 380 g/mol. The fraction of sp³-hybridized carbons (Fsp3) is 0.105. The van der Waals surface area contributed by atoms with Gasteiger partial charge in [0.1, 0.15) is 17.8 Å². The number of benzene rings is 2. The Morgan fingerprint density at radius 1 is 1.07 bits per heavy atom. The molecule has 0 aliphatic heterocycles. The Hall–Kier alpha value is -4.21. The Bertz CT molecular complexity index is 1040. The number of nitrogens with zero attached hydrogens (tertiary/aromatic N) is 3. The van der Waals surface area contributed by atoms with Gasteiger partial charge in [-0.15, -0.1) is 0 Å². The first kappa shape index (κ1) is 19.5. The predicted octanol–water partition coefficient (Wildman–Crippen LogP) is 3.72. The number of nitrogens with one attached hydrogen (secondary N) is 1. The SMILES string of the molecule is COC(=O)c1ccc(Oc2ncnc(Nc3cccc(OC)c3)c2[N+](=O)[O-])cc1. The third-order valence-electron chi connectivity index (χ3n) is 3.79. The van der Waals surface area contributed by atoms with Gasteiger partial charge in [-0.3, -0.25) is 10.1 Å². The minimum atomic E-state index is -0.638. The lowest BCUT2D eigenvalue weighted by Gasteiger charge is -2.10. The van der Waals surface area contributed by atoms with Crippen LogP contribution in [0.3, 0.4) is 0 Å². The number of anilines is 2. The minimum Gasteiger partial charge on any atom is -0.497 e. The summed E-state index contributed by atoms with van der Waals surface area (Å²) < 4.78 is 15.3. The van der Waals surface area contributed by atoms with E-state index in [1.165, 1.54) is 38.5 Å². The van der Waals surface area contributed by atoms with Crippen LogP contribution < -0.4 is 14.8 Å². The molecule has 148 valence electrons. The average Bonchev–Trinajstić information content (AvgIpc) is 2.73. The molecule has 3 aromatic rings. The van der Waals surface area contributed by atoms with E-state index in [9.17, 15) is 14.9 Å². The number of esters is 1. The molecule has 0 radical (unpaired) electrons. The molecule has 2 aromatic carbocycles. The van der Waals surface area contributed by atoms with Crippen molar-refractivity contribution in [2.45, 2.75) is 0 Å². The molecule has 0 saturated heterocycles. The lowest BCUT2D eigenvalue weighted by molar-refractivity contribution is -0.385. The highest BCUT2D eigenvalue weighted by Gasteiger charge is 2.25. The first-order valence-electron chi connectivity index (χ1n) is 8.28. The second-order valence-corrected chi connectivity index (χ2v) is 5.61. The molecule has 0 fully saturated rings. The van der Waals surface area contributed by atoms with Crippen LogP contribution in [0.15, 0.2) is 54.9 Å². The quantitative estimate of drug-likeness (QED) is 0.361. The Labute approximate surface area is 165 Å². The summed E-state index contributed by atoms with van der Waals surface area (Å²) in [4.78, 5) is 30.3. The highest BCUT2D eigenvalue weighted by Crippen LogP contribution is 2.35. The molecule has 0 amide bonds. The van der Waals surface area contributed by atoms with Gasteiger partial charge in [0.15, 0.2) is 0 Å². The lowest BCUT2D eigenvalue weighted by Crippen LogP contribution is -2.04. The van der Waals surface area contributed by atoms with E-state index < -0.39 is 16.6 Å². The Morgan fingerprint density at radius 3 is 2.48 bits per heavy atom. The highest BCUT2D eigenvalue weighted by molar-refractivity contribution is 5.89. The Balaban J connectivity index is 1.90. The maximum Gasteiger partial charge on any atom is 0.373 e. The van der Waals surface area contributed by atoms with E-state index in [1.807, 2.05) is 0 Å². The number of rotatable bonds is 7. The molecule has 0 aliphatic carbocycles. The number of nitro groups is 1. The number of ether oxygens (including phenoxy) is 3. The summed E-state index contributed by atoms with van der Waals surface area (Å²) in [5.41, 5.74) is 0.421. The normalized spacial score (nSPS) is 10.1. The number of hydrogen-bond donors (Lipinski definition) is 1. The van der Waals surface area contributed by atoms with Crippen LogP contribution in [-0.4, -0.2) is 35.1 Å². The van der Waals surface area contributed by atoms with Gasteiger partial charge in [-0.1, -0.05) is 6.07 Å². The van der Waals surface area contributed by atoms with E-state index in [2.05, 4.69) is 20.0 Å². The molecule has 29 heavy (non-hydrogen) atoms. The summed E-state index contributed by atoms with van der Waals surface area (Å²) in [6.07, 6.45) is 1.15. The van der Waals surface area contributed by atoms with E-state index in [-0.39, 0.29) is 17.4 Å². The lowest BCUT2D eigenvalue weighted by atomic mass is 10.2. The largest absolute Gasteiger partial charge is 0.497 e. The van der Waals surface area contributed by atoms with Crippen LogP contribution in [0.25, 0.3) is 0 Å². The van der Waals surface area contributed by atoms with Crippen molar-refractivity contribution < 1.29 is 23.9 Å². The molecule has 10 heteroatoms. The zero-order valence-electron chi connectivity index (χ0n) is 15.5. The second kappa shape index (κ2) is 8.65. The molecular formula is C19H16N4O6. The van der Waals surface area contributed by atoms with Crippen molar-refractivity contribution in [3.63, 3.8) is 0 Å². The summed E-state index contributed by atoms with van der Waals surface area (Å²) in [5.74, 6) is 0.0376. The van der Waals surface area contributed by atoms with Gasteiger partial charge in [-0.05, 0) is 36.4 Å². The first-order chi connectivity index (χ1) is 14.0. The first-order valence-corrected chi connectivity index (χ1v) is 8.28. The maximum atomic E-state index is 11.6. The van der Waals surface area contributed by atoms with Crippen molar-refractivity contribution in [1.82, 2.24) is 9.97 Å². The highest BCUT2D eigenvalue weighted by atomic mass is 16.6. The number of carbonyl (C=O) groups excluding carboxylic acids is 1. The van der Waals surface area contributed by atoms with Crippen LogP contribution in [-0.2, 0) is 4.74 Å². The molecule has 0 aliphatic rings. The summed E-state index contributed by atoms with van der Waals surface area (Å²) >= 11 is 0. The van der Waals surface area contributed by atoms with Crippen molar-refractivity contribution in [2.24, 2.45) is 0 Å². The molecule has 0 bridgehead atoms. The van der Waals surface area contributed by atoms with Crippen LogP contribution in [0.1, 0.15) is 10.4 Å². The molecule has 1 N–H and O–H groups in total. The van der Waals surface area contributed by atoms with E-state index in [0.717, 1.165) is 6.33 Å². The van der Waals surface area contributed by atoms with Gasteiger partial charge in [0, 0.05) is 11.8 Å². The maximum absolute atomic E-state index is 11.6. The van der Waals surface area contributed by atoms with Crippen molar-refractivity contribution in [1.29, 1.82) is 0 Å². The van der Waals surface area contributed by atoms with Gasteiger partial charge < -0.3 is 19.5 Å². The van der Waals surface area contributed by atoms with Crippen LogP contribution in [0.4, 0.5) is 17.2 Å². The van der Waals surface area contributed by atoms with Crippen LogP contribution in [0.2, 0.25) is 0 Å². The fourth-order valence-corrected chi connectivity index (χ4v) is 2.42. The second-order valence-electron chi connectivity index (χ2n) is 5.61. The van der Waals surface area contributed by atoms with Crippen molar-refractivity contribution in [2.75, 3.05) is 19.5 Å². The number of aromatic nitrogens is 2. The van der Waals surface area contributed by atoms with Gasteiger partial charge >= 0.3 is 17.5 Å². The van der Waals surface area contributed by atoms with E-state index in [4.69, 9.17) is 9.47 Å². The van der Waals surface area contributed by atoms with Gasteiger partial charge in [0.25, 0.3) is 0 Å². The van der Waals surface area contributed by atoms with E-state index in [0.29, 0.717) is 17.0 Å². The molecule has 3 rings (SSSR count). The van der Waals surface area contributed by atoms with Crippen molar-refractivity contribution >= 4 is 23.2 Å². The number of carbonyl (C=O) groups is 1. The molecule has 10 nitrogen and oxygen atoms in total. The minimum absolute atomic E-state index is 0.0422. The van der Waals surface area contributed by atoms with Gasteiger partial charge in [-0.2, -0.15) is 4.98 Å². The van der Waals surface area contributed by atoms with Crippen molar-refractivity contribution in [3.8, 4) is 17.4 Å².